The average molecular weight is 387 g/mol. The second kappa shape index (κ2) is 13.3. The number of amides is 1. The fraction of sp³-hybridized carbons (Fsp3) is 0.909. The van der Waals surface area contributed by atoms with E-state index in [1.165, 1.54) is 44.9 Å². The van der Waals surface area contributed by atoms with Crippen LogP contribution in [0.5, 0.6) is 0 Å². The van der Waals surface area contributed by atoms with Gasteiger partial charge in [0.2, 0.25) is 0 Å². The molecule has 1 amide bonds. The van der Waals surface area contributed by atoms with Gasteiger partial charge in [0, 0.05) is 12.8 Å². The van der Waals surface area contributed by atoms with E-state index in [1.807, 2.05) is 35.2 Å². The summed E-state index contributed by atoms with van der Waals surface area (Å²) in [6.07, 6.45) is 13.3. The van der Waals surface area contributed by atoms with Crippen molar-refractivity contribution in [2.45, 2.75) is 90.0 Å². The molecule has 0 aromatic carbocycles. The number of aliphatic carboxylic acids is 1. The van der Waals surface area contributed by atoms with Crippen LogP contribution in [-0.2, 0) is 9.59 Å². The van der Waals surface area contributed by atoms with Crippen molar-refractivity contribution in [2.24, 2.45) is 0 Å². The second-order valence-electron chi connectivity index (χ2n) is 9.49. The number of unbranched alkanes of at least 4 members (excludes halogenated alkanes) is 8. The second-order valence-corrected chi connectivity index (χ2v) is 9.49. The van der Waals surface area contributed by atoms with Crippen LogP contribution in [-0.4, -0.2) is 73.8 Å². The average Bonchev–Trinajstić information content (AvgIpc) is 2.55. The maximum atomic E-state index is 12.5. The first-order valence-corrected chi connectivity index (χ1v) is 10.9. The van der Waals surface area contributed by atoms with Crippen molar-refractivity contribution in [1.29, 1.82) is 0 Å². The fourth-order valence-electron chi connectivity index (χ4n) is 3.54. The van der Waals surface area contributed by atoms with Crippen LogP contribution < -0.4 is 0 Å². The molecule has 0 saturated carbocycles. The van der Waals surface area contributed by atoms with Crippen molar-refractivity contribution in [3.05, 3.63) is 0 Å². The molecule has 0 aromatic heterocycles. The van der Waals surface area contributed by atoms with Gasteiger partial charge >= 0.3 is 11.9 Å². The molecule has 0 heterocycles. The highest BCUT2D eigenvalue weighted by molar-refractivity contribution is 5.72. The van der Waals surface area contributed by atoms with E-state index in [1.54, 1.807) is 0 Å². The van der Waals surface area contributed by atoms with E-state index in [-0.39, 0.29) is 5.91 Å². The van der Waals surface area contributed by atoms with E-state index in [0.29, 0.717) is 28.4 Å². The molecule has 0 radical (unpaired) electrons. The third kappa shape index (κ3) is 12.2. The Morgan fingerprint density at radius 1 is 0.778 bits per heavy atom. The molecule has 0 aliphatic carbocycles. The lowest BCUT2D eigenvalue weighted by Gasteiger charge is -2.32. The molecule has 0 aromatic rings. The molecule has 0 spiro atoms. The number of likely N-dealkylation sites (N-methyl/N-ethyl adjacent to an activating group) is 1. The Balaban J connectivity index is 4.01. The maximum absolute atomic E-state index is 12.5. The molecule has 27 heavy (non-hydrogen) atoms. The van der Waals surface area contributed by atoms with Crippen molar-refractivity contribution >= 4 is 11.9 Å². The van der Waals surface area contributed by atoms with E-state index < -0.39 is 12.0 Å². The number of nitrogens with zero attached hydrogens (tertiary/aromatic N) is 2. The molecule has 1 N–H and O–H groups in total. The zero-order valence-corrected chi connectivity index (χ0v) is 18.9. The number of carbonyl (C=O) groups excluding carboxylic acids is 1. The van der Waals surface area contributed by atoms with Crippen molar-refractivity contribution in [1.82, 2.24) is 0 Å². The van der Waals surface area contributed by atoms with Crippen LogP contribution in [0.25, 0.3) is 0 Å². The van der Waals surface area contributed by atoms with Crippen LogP contribution in [0.3, 0.4) is 0 Å². The minimum Gasteiger partial charge on any atom is -0.477 e. The summed E-state index contributed by atoms with van der Waals surface area (Å²) >= 11 is 0. The lowest BCUT2D eigenvalue weighted by atomic mass is 10.1. The Morgan fingerprint density at radius 3 is 1.70 bits per heavy atom. The molecule has 0 aliphatic heterocycles. The summed E-state index contributed by atoms with van der Waals surface area (Å²) in [5.74, 6) is -0.483. The Hall–Kier alpha value is -0.940. The van der Waals surface area contributed by atoms with Gasteiger partial charge in [-0.15, -0.1) is 0 Å². The van der Waals surface area contributed by atoms with Gasteiger partial charge in [0.15, 0.2) is 6.04 Å². The Labute approximate surface area is 167 Å². The molecule has 0 aliphatic rings. The minimum atomic E-state index is -0.756. The first-order valence-electron chi connectivity index (χ1n) is 10.9. The third-order valence-corrected chi connectivity index (χ3v) is 5.58. The van der Waals surface area contributed by atoms with E-state index in [0.717, 1.165) is 19.3 Å². The number of quaternary nitrogens is 2. The van der Waals surface area contributed by atoms with Gasteiger partial charge in [-0.2, -0.15) is 0 Å². The van der Waals surface area contributed by atoms with Gasteiger partial charge in [0.05, 0.1) is 48.2 Å². The summed E-state index contributed by atoms with van der Waals surface area (Å²) < 4.78 is 0.773. The van der Waals surface area contributed by atoms with Crippen molar-refractivity contribution < 1.29 is 23.7 Å². The van der Waals surface area contributed by atoms with E-state index in [4.69, 9.17) is 0 Å². The standard InChI is InChI=1S/C22H45N2O3/c1-7-8-9-10-11-12-13-14-15-18-21(25)24(5,6)19-16-17-20(22(26)27)23(2,3)4/h20H,7-19H2,1-6H3/q+1/p+1. The summed E-state index contributed by atoms with van der Waals surface area (Å²) in [4.78, 5) is 24.0. The molecular formula is C22H46N2O3+2. The largest absolute Gasteiger partial charge is 0.477 e. The first-order chi connectivity index (χ1) is 12.5. The molecule has 0 bridgehead atoms. The third-order valence-electron chi connectivity index (χ3n) is 5.58. The van der Waals surface area contributed by atoms with Gasteiger partial charge in [0.25, 0.3) is 0 Å². The summed E-state index contributed by atoms with van der Waals surface area (Å²) in [5.41, 5.74) is 0. The van der Waals surface area contributed by atoms with Crippen molar-refractivity contribution in [3.8, 4) is 0 Å². The van der Waals surface area contributed by atoms with Crippen LogP contribution >= 0.6 is 0 Å². The molecule has 5 nitrogen and oxygen atoms in total. The monoisotopic (exact) mass is 386 g/mol. The van der Waals surface area contributed by atoms with E-state index in [9.17, 15) is 14.7 Å². The van der Waals surface area contributed by atoms with Gasteiger partial charge in [-0.05, 0) is 6.42 Å². The molecular weight excluding hydrogens is 340 g/mol. The van der Waals surface area contributed by atoms with E-state index in [2.05, 4.69) is 6.92 Å². The normalized spacial score (nSPS) is 13.6. The van der Waals surface area contributed by atoms with Gasteiger partial charge in [-0.3, -0.25) is 4.48 Å². The topological polar surface area (TPSA) is 54.4 Å². The zero-order valence-electron chi connectivity index (χ0n) is 18.9. The van der Waals surface area contributed by atoms with Gasteiger partial charge in [-0.1, -0.05) is 58.3 Å². The van der Waals surface area contributed by atoms with E-state index >= 15 is 0 Å². The fourth-order valence-corrected chi connectivity index (χ4v) is 3.54. The predicted octanol–water partition coefficient (Wildman–Crippen LogP) is 4.45. The van der Waals surface area contributed by atoms with Gasteiger partial charge in [-0.25, -0.2) is 9.59 Å². The summed E-state index contributed by atoms with van der Waals surface area (Å²) in [7, 11) is 9.64. The quantitative estimate of drug-likeness (QED) is 0.315. The number of carboxylic acids is 1. The van der Waals surface area contributed by atoms with Crippen LogP contribution in [0, 0.1) is 0 Å². The lowest BCUT2D eigenvalue weighted by Crippen LogP contribution is -2.51. The minimum absolute atomic E-state index is 0.273. The number of carboxylic acid groups (broad SMARTS) is 1. The van der Waals surface area contributed by atoms with Crippen LogP contribution in [0.4, 0.5) is 0 Å². The van der Waals surface area contributed by atoms with Crippen LogP contribution in [0.15, 0.2) is 0 Å². The van der Waals surface area contributed by atoms with Crippen molar-refractivity contribution in [2.75, 3.05) is 41.8 Å². The summed E-state index contributed by atoms with van der Waals surface area (Å²) in [6.45, 7) is 2.95. The molecule has 160 valence electrons. The van der Waals surface area contributed by atoms with Crippen LogP contribution in [0.2, 0.25) is 0 Å². The van der Waals surface area contributed by atoms with Crippen molar-refractivity contribution in [3.63, 3.8) is 0 Å². The first kappa shape index (κ1) is 26.1. The molecule has 0 rings (SSSR count). The smallest absolute Gasteiger partial charge is 0.362 e. The summed E-state index contributed by atoms with van der Waals surface area (Å²) in [5, 5.41) is 9.41. The zero-order chi connectivity index (χ0) is 20.9. The highest BCUT2D eigenvalue weighted by atomic mass is 16.4. The molecule has 1 unspecified atom stereocenters. The highest BCUT2D eigenvalue weighted by Gasteiger charge is 2.32. The lowest BCUT2D eigenvalue weighted by molar-refractivity contribution is -0.888. The SMILES string of the molecule is CCCCCCCCCCCC(=O)[N+](C)(C)CCCC(C(=O)O)[N+](C)(C)C. The number of hydrogen-bond donors (Lipinski definition) is 1. The Morgan fingerprint density at radius 2 is 1.26 bits per heavy atom. The number of rotatable bonds is 16. The highest BCUT2D eigenvalue weighted by Crippen LogP contribution is 2.15. The maximum Gasteiger partial charge on any atom is 0.362 e. The molecule has 5 heteroatoms. The number of hydrogen-bond acceptors (Lipinski definition) is 2. The van der Waals surface area contributed by atoms with Crippen LogP contribution in [0.1, 0.15) is 84.0 Å². The summed E-state index contributed by atoms with van der Waals surface area (Å²) in [6, 6.07) is -0.419. The van der Waals surface area contributed by atoms with Gasteiger partial charge in [0.1, 0.15) is 0 Å². The molecule has 1 atom stereocenters. The molecule has 0 saturated heterocycles. The Kier molecular flexibility index (Phi) is 12.8. The molecule has 0 fully saturated rings. The number of carbonyl (C=O) groups is 2. The predicted molar refractivity (Wildman–Crippen MR) is 113 cm³/mol. The van der Waals surface area contributed by atoms with Gasteiger partial charge < -0.3 is 9.59 Å². The Bertz CT molecular complexity index is 428.